The molecule has 1 heterocycles. The van der Waals surface area contributed by atoms with Crippen LogP contribution in [-0.4, -0.2) is 23.4 Å². The Morgan fingerprint density at radius 3 is 2.59 bits per heavy atom. The molecule has 0 bridgehead atoms. The fraction of sp³-hybridized carbons (Fsp3) is 0.389. The van der Waals surface area contributed by atoms with Gasteiger partial charge < -0.3 is 14.6 Å². The maximum absolute atomic E-state index is 12.5. The summed E-state index contributed by atoms with van der Waals surface area (Å²) in [6, 6.07) is 14.5. The van der Waals surface area contributed by atoms with Crippen LogP contribution in [0.3, 0.4) is 0 Å². The number of carbonyl (C=O) groups is 1. The molecule has 1 amide bonds. The first-order valence-electron chi connectivity index (χ1n) is 7.81. The van der Waals surface area contributed by atoms with Gasteiger partial charge in [-0.3, -0.25) is 4.79 Å². The van der Waals surface area contributed by atoms with Crippen LogP contribution in [0.5, 0.6) is 0 Å². The van der Waals surface area contributed by atoms with Crippen molar-refractivity contribution >= 4 is 5.91 Å². The quantitative estimate of drug-likeness (QED) is 0.855. The zero-order chi connectivity index (χ0) is 15.4. The van der Waals surface area contributed by atoms with Crippen LogP contribution in [0.1, 0.15) is 29.9 Å². The van der Waals surface area contributed by atoms with E-state index in [-0.39, 0.29) is 5.91 Å². The van der Waals surface area contributed by atoms with Crippen molar-refractivity contribution in [2.75, 3.05) is 6.54 Å². The molecule has 1 N–H and O–H groups in total. The molecule has 0 saturated heterocycles. The van der Waals surface area contributed by atoms with E-state index in [4.69, 9.17) is 4.42 Å². The van der Waals surface area contributed by atoms with Crippen LogP contribution in [0.4, 0.5) is 0 Å². The molecule has 116 valence electrons. The highest BCUT2D eigenvalue weighted by atomic mass is 16.3. The lowest BCUT2D eigenvalue weighted by atomic mass is 10.2. The van der Waals surface area contributed by atoms with E-state index in [1.807, 2.05) is 54.3 Å². The number of aryl methyl sites for hydroxylation is 1. The zero-order valence-electron chi connectivity index (χ0n) is 12.9. The summed E-state index contributed by atoms with van der Waals surface area (Å²) in [5.74, 6) is 1.82. The molecule has 1 fully saturated rings. The van der Waals surface area contributed by atoms with Gasteiger partial charge in [0.25, 0.3) is 0 Å². The number of nitrogens with zero attached hydrogens (tertiary/aromatic N) is 1. The Morgan fingerprint density at radius 2 is 1.95 bits per heavy atom. The van der Waals surface area contributed by atoms with Crippen molar-refractivity contribution in [2.24, 2.45) is 0 Å². The van der Waals surface area contributed by atoms with Gasteiger partial charge in [0.2, 0.25) is 5.91 Å². The second-order valence-corrected chi connectivity index (χ2v) is 5.90. The largest absolute Gasteiger partial charge is 0.464 e. The molecular weight excluding hydrogens is 276 g/mol. The van der Waals surface area contributed by atoms with E-state index in [1.165, 1.54) is 12.8 Å². The minimum absolute atomic E-state index is 0.116. The number of rotatable bonds is 7. The molecule has 2 aromatic rings. The van der Waals surface area contributed by atoms with Crippen molar-refractivity contribution in [3.05, 3.63) is 59.5 Å². The molecule has 0 aliphatic heterocycles. The van der Waals surface area contributed by atoms with E-state index in [1.54, 1.807) is 0 Å². The van der Waals surface area contributed by atoms with Crippen molar-refractivity contribution in [1.82, 2.24) is 10.2 Å². The minimum Gasteiger partial charge on any atom is -0.464 e. The summed E-state index contributed by atoms with van der Waals surface area (Å²) in [5.41, 5.74) is 1.13. The highest BCUT2D eigenvalue weighted by molar-refractivity contribution is 5.78. The number of hydrogen-bond donors (Lipinski definition) is 1. The number of furan rings is 1. The average Bonchev–Trinajstić information content (AvgIpc) is 3.27. The fourth-order valence-electron chi connectivity index (χ4n) is 2.43. The van der Waals surface area contributed by atoms with Crippen molar-refractivity contribution in [1.29, 1.82) is 0 Å². The van der Waals surface area contributed by atoms with Crippen molar-refractivity contribution in [2.45, 2.75) is 38.9 Å². The molecule has 1 aromatic heterocycles. The molecule has 1 aliphatic carbocycles. The van der Waals surface area contributed by atoms with Gasteiger partial charge in [0, 0.05) is 12.6 Å². The van der Waals surface area contributed by atoms with Gasteiger partial charge >= 0.3 is 0 Å². The van der Waals surface area contributed by atoms with E-state index < -0.39 is 0 Å². The third-order valence-corrected chi connectivity index (χ3v) is 3.83. The molecule has 1 aromatic carbocycles. The van der Waals surface area contributed by atoms with Gasteiger partial charge in [-0.1, -0.05) is 30.3 Å². The van der Waals surface area contributed by atoms with Gasteiger partial charge in [0.15, 0.2) is 0 Å². The fourth-order valence-corrected chi connectivity index (χ4v) is 2.43. The van der Waals surface area contributed by atoms with E-state index in [0.717, 1.165) is 17.1 Å². The van der Waals surface area contributed by atoms with Gasteiger partial charge in [0.05, 0.1) is 13.1 Å². The number of nitrogens with one attached hydrogen (secondary N) is 1. The SMILES string of the molecule is Cc1ccc(CN(Cc2ccccc2)C(=O)CNC2CC2)o1. The molecule has 1 saturated carbocycles. The van der Waals surface area contributed by atoms with Crippen LogP contribution >= 0.6 is 0 Å². The standard InChI is InChI=1S/C18H22N2O2/c1-14-7-10-17(22-14)13-20(12-15-5-3-2-4-6-15)18(21)11-19-16-8-9-16/h2-7,10,16,19H,8-9,11-13H2,1H3. The molecule has 22 heavy (non-hydrogen) atoms. The molecule has 4 nitrogen and oxygen atoms in total. The number of amides is 1. The Labute approximate surface area is 131 Å². The first kappa shape index (κ1) is 14.9. The highest BCUT2D eigenvalue weighted by Crippen LogP contribution is 2.18. The van der Waals surface area contributed by atoms with Gasteiger partial charge in [-0.05, 0) is 37.5 Å². The molecule has 3 rings (SSSR count). The molecule has 1 aliphatic rings. The Morgan fingerprint density at radius 1 is 1.18 bits per heavy atom. The van der Waals surface area contributed by atoms with E-state index in [0.29, 0.717) is 25.7 Å². The van der Waals surface area contributed by atoms with Crippen LogP contribution in [0.15, 0.2) is 46.9 Å². The third-order valence-electron chi connectivity index (χ3n) is 3.83. The summed E-state index contributed by atoms with van der Waals surface area (Å²) < 4.78 is 5.63. The Balaban J connectivity index is 1.67. The van der Waals surface area contributed by atoms with Gasteiger partial charge in [-0.2, -0.15) is 0 Å². The number of carbonyl (C=O) groups excluding carboxylic acids is 1. The highest BCUT2D eigenvalue weighted by Gasteiger charge is 2.23. The van der Waals surface area contributed by atoms with E-state index in [9.17, 15) is 4.79 Å². The Bertz CT molecular complexity index is 617. The van der Waals surface area contributed by atoms with Crippen LogP contribution in [-0.2, 0) is 17.9 Å². The predicted molar refractivity (Wildman–Crippen MR) is 85.2 cm³/mol. The van der Waals surface area contributed by atoms with Crippen LogP contribution in [0.2, 0.25) is 0 Å². The second-order valence-electron chi connectivity index (χ2n) is 5.90. The maximum atomic E-state index is 12.5. The smallest absolute Gasteiger partial charge is 0.237 e. The molecule has 0 atom stereocenters. The molecule has 0 spiro atoms. The lowest BCUT2D eigenvalue weighted by molar-refractivity contribution is -0.131. The van der Waals surface area contributed by atoms with E-state index >= 15 is 0 Å². The molecule has 0 radical (unpaired) electrons. The molecular formula is C18H22N2O2. The van der Waals surface area contributed by atoms with Gasteiger partial charge in [-0.15, -0.1) is 0 Å². The summed E-state index contributed by atoms with van der Waals surface area (Å²) >= 11 is 0. The monoisotopic (exact) mass is 298 g/mol. The van der Waals surface area contributed by atoms with Crippen molar-refractivity contribution in [3.8, 4) is 0 Å². The minimum atomic E-state index is 0.116. The van der Waals surface area contributed by atoms with Gasteiger partial charge in [0.1, 0.15) is 11.5 Å². The van der Waals surface area contributed by atoms with Crippen LogP contribution in [0, 0.1) is 6.92 Å². The Hall–Kier alpha value is -2.07. The first-order chi connectivity index (χ1) is 10.7. The van der Waals surface area contributed by atoms with Crippen molar-refractivity contribution < 1.29 is 9.21 Å². The van der Waals surface area contributed by atoms with E-state index in [2.05, 4.69) is 5.32 Å². The normalized spacial score (nSPS) is 14.0. The van der Waals surface area contributed by atoms with Crippen LogP contribution < -0.4 is 5.32 Å². The zero-order valence-corrected chi connectivity index (χ0v) is 12.9. The number of hydrogen-bond acceptors (Lipinski definition) is 3. The lowest BCUT2D eigenvalue weighted by Crippen LogP contribution is -2.38. The molecule has 4 heteroatoms. The average molecular weight is 298 g/mol. The summed E-state index contributed by atoms with van der Waals surface area (Å²) in [5, 5.41) is 3.29. The maximum Gasteiger partial charge on any atom is 0.237 e. The number of benzene rings is 1. The summed E-state index contributed by atoms with van der Waals surface area (Å²) in [4.78, 5) is 14.4. The molecule has 0 unspecified atom stereocenters. The third kappa shape index (κ3) is 4.21. The Kier molecular flexibility index (Phi) is 4.59. The summed E-state index contributed by atoms with van der Waals surface area (Å²) in [7, 11) is 0. The predicted octanol–water partition coefficient (Wildman–Crippen LogP) is 2.87. The first-order valence-corrected chi connectivity index (χ1v) is 7.81. The van der Waals surface area contributed by atoms with Gasteiger partial charge in [-0.25, -0.2) is 0 Å². The summed E-state index contributed by atoms with van der Waals surface area (Å²) in [6.07, 6.45) is 2.37. The second kappa shape index (κ2) is 6.79. The van der Waals surface area contributed by atoms with Crippen LogP contribution in [0.25, 0.3) is 0 Å². The topological polar surface area (TPSA) is 45.5 Å². The lowest BCUT2D eigenvalue weighted by Gasteiger charge is -2.22. The summed E-state index contributed by atoms with van der Waals surface area (Å²) in [6.45, 7) is 3.43. The van der Waals surface area contributed by atoms with Crippen molar-refractivity contribution in [3.63, 3.8) is 0 Å².